The average molecular weight is 315 g/mol. The van der Waals surface area contributed by atoms with E-state index in [-0.39, 0.29) is 11.6 Å². The highest BCUT2D eigenvalue weighted by molar-refractivity contribution is 6.31. The van der Waals surface area contributed by atoms with Gasteiger partial charge in [0, 0.05) is 27.6 Å². The molecule has 3 rings (SSSR count). The molecule has 1 heterocycles. The highest BCUT2D eigenvalue weighted by Crippen LogP contribution is 2.31. The Morgan fingerprint density at radius 3 is 2.68 bits per heavy atom. The Hall–Kier alpha value is -2.73. The third-order valence-electron chi connectivity index (χ3n) is 3.35. The van der Waals surface area contributed by atoms with Crippen LogP contribution in [0.1, 0.15) is 5.56 Å². The first-order chi connectivity index (χ1) is 10.5. The summed E-state index contributed by atoms with van der Waals surface area (Å²) in [5.74, 6) is 0.105. The topological polar surface area (TPSA) is 94.9 Å². The number of halogens is 1. The lowest BCUT2D eigenvalue weighted by molar-refractivity contribution is -0.385. The lowest BCUT2D eigenvalue weighted by Gasteiger charge is -2.08. The van der Waals surface area contributed by atoms with Gasteiger partial charge in [-0.25, -0.2) is 9.97 Å². The van der Waals surface area contributed by atoms with E-state index < -0.39 is 4.92 Å². The lowest BCUT2D eigenvalue weighted by atomic mass is 10.0. The minimum atomic E-state index is -0.418. The van der Waals surface area contributed by atoms with E-state index in [4.69, 9.17) is 17.3 Å². The van der Waals surface area contributed by atoms with Crippen LogP contribution >= 0.6 is 11.6 Å². The molecule has 0 bridgehead atoms. The highest BCUT2D eigenvalue weighted by atomic mass is 35.5. The summed E-state index contributed by atoms with van der Waals surface area (Å²) < 4.78 is 0. The maximum atomic E-state index is 11.1. The first kappa shape index (κ1) is 14.2. The number of anilines is 1. The molecule has 6 nitrogen and oxygen atoms in total. The number of aryl methyl sites for hydroxylation is 1. The number of nitrogens with two attached hydrogens (primary N) is 1. The van der Waals surface area contributed by atoms with Crippen molar-refractivity contribution in [3.05, 3.63) is 57.1 Å². The summed E-state index contributed by atoms with van der Waals surface area (Å²) in [7, 11) is 0. The summed E-state index contributed by atoms with van der Waals surface area (Å²) in [4.78, 5) is 19.1. The Kier molecular flexibility index (Phi) is 3.38. The van der Waals surface area contributed by atoms with Crippen molar-refractivity contribution in [2.75, 3.05) is 5.73 Å². The smallest absolute Gasteiger partial charge is 0.272 e. The lowest BCUT2D eigenvalue weighted by Crippen LogP contribution is -1.99. The van der Waals surface area contributed by atoms with Gasteiger partial charge in [-0.15, -0.1) is 0 Å². The van der Waals surface area contributed by atoms with Gasteiger partial charge in [0.1, 0.15) is 0 Å². The number of hydrogen-bond donors (Lipinski definition) is 1. The molecule has 0 aliphatic heterocycles. The van der Waals surface area contributed by atoms with Crippen LogP contribution in [-0.2, 0) is 0 Å². The maximum absolute atomic E-state index is 11.1. The van der Waals surface area contributed by atoms with Crippen molar-refractivity contribution in [2.24, 2.45) is 0 Å². The number of nitro benzene ring substituents is 1. The number of benzene rings is 2. The molecule has 0 saturated heterocycles. The second-order valence-electron chi connectivity index (χ2n) is 4.85. The van der Waals surface area contributed by atoms with Gasteiger partial charge in [0.2, 0.25) is 5.95 Å². The van der Waals surface area contributed by atoms with Gasteiger partial charge in [-0.05, 0) is 25.1 Å². The Balaban J connectivity index is 2.32. The molecule has 3 aromatic rings. The van der Waals surface area contributed by atoms with Gasteiger partial charge < -0.3 is 5.73 Å². The van der Waals surface area contributed by atoms with Gasteiger partial charge in [0.15, 0.2) is 0 Å². The standard InChI is InChI=1S/C15H11ClN4O2/c1-8-2-3-9(6-13(8)20(21)22)14-11-7-10(16)4-5-12(11)18-15(17)19-14/h2-7H,1H3,(H2,17,18,19). The van der Waals surface area contributed by atoms with Gasteiger partial charge in [-0.3, -0.25) is 10.1 Å². The van der Waals surface area contributed by atoms with Gasteiger partial charge in [0.05, 0.1) is 16.1 Å². The summed E-state index contributed by atoms with van der Waals surface area (Å²) in [5.41, 5.74) is 8.10. The Morgan fingerprint density at radius 1 is 1.18 bits per heavy atom. The van der Waals surface area contributed by atoms with Crippen LogP contribution in [0.5, 0.6) is 0 Å². The van der Waals surface area contributed by atoms with E-state index >= 15 is 0 Å². The molecule has 2 aromatic carbocycles. The number of rotatable bonds is 2. The van der Waals surface area contributed by atoms with Crippen molar-refractivity contribution < 1.29 is 4.92 Å². The highest BCUT2D eigenvalue weighted by Gasteiger charge is 2.15. The number of fused-ring (bicyclic) bond motifs is 1. The quantitative estimate of drug-likeness (QED) is 0.574. The van der Waals surface area contributed by atoms with Crippen LogP contribution in [0, 0.1) is 17.0 Å². The van der Waals surface area contributed by atoms with E-state index in [0.29, 0.717) is 32.7 Å². The first-order valence-corrected chi connectivity index (χ1v) is 6.81. The third kappa shape index (κ3) is 2.44. The van der Waals surface area contributed by atoms with E-state index in [1.165, 1.54) is 6.07 Å². The molecule has 0 unspecified atom stereocenters. The van der Waals surface area contributed by atoms with Crippen LogP contribution in [0.15, 0.2) is 36.4 Å². The van der Waals surface area contributed by atoms with Crippen molar-refractivity contribution in [3.8, 4) is 11.3 Å². The second-order valence-corrected chi connectivity index (χ2v) is 5.29. The van der Waals surface area contributed by atoms with Crippen molar-refractivity contribution in [2.45, 2.75) is 6.92 Å². The summed E-state index contributed by atoms with van der Waals surface area (Å²) in [6.07, 6.45) is 0. The fourth-order valence-corrected chi connectivity index (χ4v) is 2.46. The van der Waals surface area contributed by atoms with E-state index in [2.05, 4.69) is 9.97 Å². The number of nitrogens with zero attached hydrogens (tertiary/aromatic N) is 3. The number of aromatic nitrogens is 2. The molecule has 2 N–H and O–H groups in total. The predicted octanol–water partition coefficient (Wildman–Crippen LogP) is 3.75. The van der Waals surface area contributed by atoms with E-state index in [1.807, 2.05) is 0 Å². The minimum Gasteiger partial charge on any atom is -0.368 e. The second kappa shape index (κ2) is 5.23. The third-order valence-corrected chi connectivity index (χ3v) is 3.59. The molecule has 0 atom stereocenters. The Morgan fingerprint density at radius 2 is 1.95 bits per heavy atom. The molecule has 0 aliphatic carbocycles. The molecule has 22 heavy (non-hydrogen) atoms. The van der Waals surface area contributed by atoms with E-state index in [9.17, 15) is 10.1 Å². The summed E-state index contributed by atoms with van der Waals surface area (Å²) in [6.45, 7) is 1.69. The summed E-state index contributed by atoms with van der Waals surface area (Å²) >= 11 is 6.03. The van der Waals surface area contributed by atoms with Crippen molar-refractivity contribution >= 4 is 34.1 Å². The van der Waals surface area contributed by atoms with Gasteiger partial charge in [-0.1, -0.05) is 23.7 Å². The van der Waals surface area contributed by atoms with E-state index in [1.54, 1.807) is 37.3 Å². The first-order valence-electron chi connectivity index (χ1n) is 6.44. The molecule has 0 saturated carbocycles. The van der Waals surface area contributed by atoms with Crippen LogP contribution in [0.25, 0.3) is 22.2 Å². The van der Waals surface area contributed by atoms with E-state index in [0.717, 1.165) is 0 Å². The van der Waals surface area contributed by atoms with Crippen molar-refractivity contribution in [1.29, 1.82) is 0 Å². The van der Waals surface area contributed by atoms with Crippen LogP contribution < -0.4 is 5.73 Å². The summed E-state index contributed by atoms with van der Waals surface area (Å²) in [5, 5.41) is 12.3. The molecule has 0 fully saturated rings. The maximum Gasteiger partial charge on any atom is 0.272 e. The predicted molar refractivity (Wildman–Crippen MR) is 85.8 cm³/mol. The largest absolute Gasteiger partial charge is 0.368 e. The molecule has 7 heteroatoms. The molecule has 0 radical (unpaired) electrons. The molecule has 0 amide bonds. The van der Waals surface area contributed by atoms with Crippen molar-refractivity contribution in [1.82, 2.24) is 9.97 Å². The van der Waals surface area contributed by atoms with Crippen molar-refractivity contribution in [3.63, 3.8) is 0 Å². The van der Waals surface area contributed by atoms with Gasteiger partial charge in [0.25, 0.3) is 5.69 Å². The fraction of sp³-hybridized carbons (Fsp3) is 0.0667. The fourth-order valence-electron chi connectivity index (χ4n) is 2.29. The Labute approximate surface area is 130 Å². The minimum absolute atomic E-state index is 0.0323. The van der Waals surface area contributed by atoms with Crippen LogP contribution in [0.4, 0.5) is 11.6 Å². The number of nitrogen functional groups attached to an aromatic ring is 1. The molecular weight excluding hydrogens is 304 g/mol. The average Bonchev–Trinajstić information content (AvgIpc) is 2.47. The van der Waals surface area contributed by atoms with Gasteiger partial charge >= 0.3 is 0 Å². The Bertz CT molecular complexity index is 911. The molecule has 1 aromatic heterocycles. The summed E-state index contributed by atoms with van der Waals surface area (Å²) in [6, 6.07) is 10.1. The number of nitro groups is 1. The molecular formula is C15H11ClN4O2. The molecule has 0 spiro atoms. The van der Waals surface area contributed by atoms with Crippen LogP contribution in [0.2, 0.25) is 5.02 Å². The monoisotopic (exact) mass is 314 g/mol. The molecule has 110 valence electrons. The van der Waals surface area contributed by atoms with Crippen LogP contribution in [-0.4, -0.2) is 14.9 Å². The van der Waals surface area contributed by atoms with Crippen LogP contribution in [0.3, 0.4) is 0 Å². The SMILES string of the molecule is Cc1ccc(-c2nc(N)nc3ccc(Cl)cc23)cc1[N+](=O)[O-]. The normalized spacial score (nSPS) is 10.8. The van der Waals surface area contributed by atoms with Gasteiger partial charge in [-0.2, -0.15) is 0 Å². The zero-order chi connectivity index (χ0) is 15.9. The number of hydrogen-bond acceptors (Lipinski definition) is 5. The zero-order valence-corrected chi connectivity index (χ0v) is 12.3. The molecule has 0 aliphatic rings. The zero-order valence-electron chi connectivity index (χ0n) is 11.6.